The molecule has 1 amide bonds. The van der Waals surface area contributed by atoms with E-state index in [-0.39, 0.29) is 11.9 Å². The van der Waals surface area contributed by atoms with Crippen molar-refractivity contribution in [2.75, 3.05) is 6.54 Å². The van der Waals surface area contributed by atoms with Crippen molar-refractivity contribution in [3.63, 3.8) is 0 Å². The van der Waals surface area contributed by atoms with Crippen LogP contribution >= 0.6 is 0 Å². The Hall–Kier alpha value is -4.25. The number of nitriles is 1. The van der Waals surface area contributed by atoms with Crippen LogP contribution in [-0.2, 0) is 17.8 Å². The fraction of sp³-hybridized carbons (Fsp3) is 0.310. The van der Waals surface area contributed by atoms with E-state index in [1.807, 2.05) is 42.7 Å². The Morgan fingerprint density at radius 1 is 1.16 bits per heavy atom. The number of benzene rings is 2. The molecule has 7 nitrogen and oxygen atoms in total. The van der Waals surface area contributed by atoms with Crippen molar-refractivity contribution in [2.24, 2.45) is 5.92 Å². The second kappa shape index (κ2) is 9.32. The van der Waals surface area contributed by atoms with Crippen molar-refractivity contribution in [3.05, 3.63) is 84.1 Å². The molecule has 6 rings (SSSR count). The lowest BCUT2D eigenvalue weighted by Gasteiger charge is -2.36. The van der Waals surface area contributed by atoms with E-state index in [0.717, 1.165) is 54.4 Å². The van der Waals surface area contributed by atoms with Gasteiger partial charge in [0, 0.05) is 18.7 Å². The number of pyridine rings is 1. The first-order chi connectivity index (χ1) is 18.0. The van der Waals surface area contributed by atoms with Gasteiger partial charge in [-0.3, -0.25) is 9.88 Å². The van der Waals surface area contributed by atoms with E-state index in [2.05, 4.69) is 20.6 Å². The number of fused-ring (bicyclic) bond motifs is 1. The number of ether oxygens (including phenoxy) is 1. The van der Waals surface area contributed by atoms with Crippen molar-refractivity contribution in [3.8, 4) is 17.3 Å². The summed E-state index contributed by atoms with van der Waals surface area (Å²) in [5.41, 5.74) is 4.51. The smallest absolute Gasteiger partial charge is 0.410 e. The van der Waals surface area contributed by atoms with Crippen LogP contribution in [0.1, 0.15) is 36.8 Å². The molecular formula is C29H26FN5O2. The topological polar surface area (TPSA) is 84.0 Å². The first kappa shape index (κ1) is 23.2. The van der Waals surface area contributed by atoms with Gasteiger partial charge in [0.25, 0.3) is 0 Å². The maximum Gasteiger partial charge on any atom is 0.410 e. The van der Waals surface area contributed by atoms with Crippen LogP contribution in [0.2, 0.25) is 0 Å². The molecule has 1 saturated carbocycles. The number of carbonyl (C=O) groups excluding carboxylic acids is 1. The molecule has 8 heteroatoms. The molecule has 1 aliphatic carbocycles. The lowest BCUT2D eigenvalue weighted by atomic mass is 9.78. The molecule has 4 aromatic rings. The number of halogens is 1. The minimum absolute atomic E-state index is 0.280. The van der Waals surface area contributed by atoms with Crippen LogP contribution in [0.5, 0.6) is 0 Å². The van der Waals surface area contributed by atoms with E-state index in [1.54, 1.807) is 17.0 Å². The molecule has 2 atom stereocenters. The number of hydrogen-bond acceptors (Lipinski definition) is 5. The van der Waals surface area contributed by atoms with E-state index >= 15 is 0 Å². The highest BCUT2D eigenvalue weighted by Gasteiger charge is 2.47. The molecule has 0 radical (unpaired) electrons. The second-order valence-corrected chi connectivity index (χ2v) is 10.1. The van der Waals surface area contributed by atoms with Gasteiger partial charge in [0.05, 0.1) is 47.4 Å². The van der Waals surface area contributed by atoms with Gasteiger partial charge in [-0.1, -0.05) is 18.2 Å². The summed E-state index contributed by atoms with van der Waals surface area (Å²) in [4.78, 5) is 23.4. The second-order valence-electron chi connectivity index (χ2n) is 10.1. The first-order valence-corrected chi connectivity index (χ1v) is 12.5. The van der Waals surface area contributed by atoms with Crippen molar-refractivity contribution in [2.45, 2.75) is 44.4 Å². The molecule has 186 valence electrons. The Kier molecular flexibility index (Phi) is 5.84. The zero-order valence-electron chi connectivity index (χ0n) is 20.3. The fourth-order valence-electron chi connectivity index (χ4n) is 5.80. The SMILES string of the molecule is N#Cc1ccc2ncn(C[C@H]3CCC[C@]4(C3)CN(Cc3cccc(-c5ccc(F)cn5)c3)C(=O)O4)c2c1. The molecule has 2 aliphatic rings. The number of aromatic nitrogens is 3. The average Bonchev–Trinajstić information content (AvgIpc) is 3.43. The molecular weight excluding hydrogens is 469 g/mol. The van der Waals surface area contributed by atoms with Crippen LogP contribution in [0.4, 0.5) is 9.18 Å². The monoisotopic (exact) mass is 495 g/mol. The third-order valence-corrected chi connectivity index (χ3v) is 7.48. The summed E-state index contributed by atoms with van der Waals surface area (Å²) < 4.78 is 21.4. The highest BCUT2D eigenvalue weighted by atomic mass is 19.1. The average molecular weight is 496 g/mol. The molecule has 37 heavy (non-hydrogen) atoms. The number of rotatable bonds is 5. The molecule has 0 unspecified atom stereocenters. The fourth-order valence-corrected chi connectivity index (χ4v) is 5.80. The summed E-state index contributed by atoms with van der Waals surface area (Å²) in [6.45, 7) is 1.78. The molecule has 2 aromatic carbocycles. The Labute approximate surface area is 214 Å². The number of imidazole rings is 1. The standard InChI is InChI=1S/C29H26FN5O2/c30-24-7-9-25(32-15-24)23-5-1-3-21(11-23)16-34-18-29(37-28(34)36)10-2-4-22(13-29)17-35-19-33-26-8-6-20(14-31)12-27(26)35/h1,3,5-9,11-12,15,19,22H,2,4,10,13,16-18H2/t22-,29-/m0/s1. The third kappa shape index (κ3) is 4.65. The number of nitrogens with zero attached hydrogens (tertiary/aromatic N) is 5. The van der Waals surface area contributed by atoms with Crippen LogP contribution < -0.4 is 0 Å². The normalized spacial score (nSPS) is 21.4. The maximum atomic E-state index is 13.3. The van der Waals surface area contributed by atoms with E-state index in [9.17, 15) is 14.4 Å². The van der Waals surface area contributed by atoms with E-state index in [4.69, 9.17) is 4.74 Å². The van der Waals surface area contributed by atoms with Gasteiger partial charge in [0.15, 0.2) is 0 Å². The molecule has 2 fully saturated rings. The van der Waals surface area contributed by atoms with Gasteiger partial charge in [0.1, 0.15) is 11.4 Å². The number of amides is 1. The lowest BCUT2D eigenvalue weighted by Crippen LogP contribution is -2.40. The van der Waals surface area contributed by atoms with Gasteiger partial charge in [0.2, 0.25) is 0 Å². The Morgan fingerprint density at radius 3 is 2.92 bits per heavy atom. The zero-order chi connectivity index (χ0) is 25.4. The van der Waals surface area contributed by atoms with E-state index < -0.39 is 5.60 Å². The molecule has 0 N–H and O–H groups in total. The summed E-state index contributed by atoms with van der Waals surface area (Å²) >= 11 is 0. The van der Waals surface area contributed by atoms with E-state index in [0.29, 0.717) is 30.3 Å². The van der Waals surface area contributed by atoms with Crippen LogP contribution in [0.3, 0.4) is 0 Å². The van der Waals surface area contributed by atoms with Crippen molar-refractivity contribution in [1.82, 2.24) is 19.4 Å². The molecule has 1 spiro atoms. The largest absolute Gasteiger partial charge is 0.441 e. The number of carbonyl (C=O) groups is 1. The predicted molar refractivity (Wildman–Crippen MR) is 136 cm³/mol. The minimum atomic E-state index is -0.482. The summed E-state index contributed by atoms with van der Waals surface area (Å²) in [6.07, 6.45) is 6.47. The Morgan fingerprint density at radius 2 is 2.08 bits per heavy atom. The summed E-state index contributed by atoms with van der Waals surface area (Å²) in [5.74, 6) is -0.0264. The summed E-state index contributed by atoms with van der Waals surface area (Å²) in [6, 6.07) is 18.6. The molecule has 2 aromatic heterocycles. The van der Waals surface area contributed by atoms with Gasteiger partial charge < -0.3 is 9.30 Å². The quantitative estimate of drug-likeness (QED) is 0.355. The van der Waals surface area contributed by atoms with Crippen molar-refractivity contribution < 1.29 is 13.9 Å². The zero-order valence-corrected chi connectivity index (χ0v) is 20.3. The molecule has 3 heterocycles. The minimum Gasteiger partial charge on any atom is -0.441 e. The van der Waals surface area contributed by atoms with Crippen LogP contribution in [-0.4, -0.2) is 37.7 Å². The maximum absolute atomic E-state index is 13.3. The van der Waals surface area contributed by atoms with Gasteiger partial charge >= 0.3 is 6.09 Å². The van der Waals surface area contributed by atoms with Gasteiger partial charge in [-0.15, -0.1) is 0 Å². The lowest BCUT2D eigenvalue weighted by molar-refractivity contribution is 0.00415. The molecule has 0 bridgehead atoms. The van der Waals surface area contributed by atoms with Gasteiger partial charge in [-0.05, 0) is 73.6 Å². The molecule has 1 aliphatic heterocycles. The Balaban J connectivity index is 1.15. The Bertz CT molecular complexity index is 1510. The van der Waals surface area contributed by atoms with E-state index in [1.165, 1.54) is 12.3 Å². The van der Waals surface area contributed by atoms with Crippen molar-refractivity contribution in [1.29, 1.82) is 5.26 Å². The molecule has 1 saturated heterocycles. The summed E-state index contributed by atoms with van der Waals surface area (Å²) in [5, 5.41) is 9.28. The highest BCUT2D eigenvalue weighted by molar-refractivity contribution is 5.77. The summed E-state index contributed by atoms with van der Waals surface area (Å²) in [7, 11) is 0. The van der Waals surface area contributed by atoms with Gasteiger partial charge in [-0.25, -0.2) is 14.2 Å². The van der Waals surface area contributed by atoms with Crippen LogP contribution in [0, 0.1) is 23.1 Å². The predicted octanol–water partition coefficient (Wildman–Crippen LogP) is 5.69. The number of hydrogen-bond donors (Lipinski definition) is 0. The van der Waals surface area contributed by atoms with Crippen LogP contribution in [0.25, 0.3) is 22.3 Å². The first-order valence-electron chi connectivity index (χ1n) is 12.5. The highest BCUT2D eigenvalue weighted by Crippen LogP contribution is 2.41. The third-order valence-electron chi connectivity index (χ3n) is 7.48. The van der Waals surface area contributed by atoms with Gasteiger partial charge in [-0.2, -0.15) is 5.26 Å². The van der Waals surface area contributed by atoms with Crippen molar-refractivity contribution >= 4 is 17.1 Å². The van der Waals surface area contributed by atoms with Crippen LogP contribution in [0.15, 0.2) is 67.1 Å².